The second-order valence-electron chi connectivity index (χ2n) is 4.79. The molecule has 24 heavy (non-hydrogen) atoms. The second kappa shape index (κ2) is 7.14. The van der Waals surface area contributed by atoms with Gasteiger partial charge in [-0.25, -0.2) is 4.98 Å². The van der Waals surface area contributed by atoms with Gasteiger partial charge in [-0.05, 0) is 12.1 Å². The highest BCUT2D eigenvalue weighted by Gasteiger charge is 2.13. The van der Waals surface area contributed by atoms with Crippen molar-refractivity contribution >= 4 is 22.2 Å². The van der Waals surface area contributed by atoms with E-state index in [0.29, 0.717) is 16.5 Å². The molecule has 2 heterocycles. The first-order valence-electron chi connectivity index (χ1n) is 7.19. The van der Waals surface area contributed by atoms with Crippen LogP contribution in [0.4, 0.5) is 0 Å². The van der Waals surface area contributed by atoms with Crippen LogP contribution in [0.15, 0.2) is 46.8 Å². The molecule has 0 spiro atoms. The van der Waals surface area contributed by atoms with Gasteiger partial charge in [0.1, 0.15) is 12.2 Å². The standard InChI is InChI=1S/C16H15N3O4S/c1-22-12-4-2-3-5-13(12)23-8-6-17-14(20)11-10-18-16-19(15(11)21)7-9-24-16/h2-5,7,9-10H,6,8H2,1H3,(H,17,20). The maximum absolute atomic E-state index is 12.2. The summed E-state index contributed by atoms with van der Waals surface area (Å²) in [6, 6.07) is 7.24. The number of methoxy groups -OCH3 is 1. The first-order valence-corrected chi connectivity index (χ1v) is 8.07. The first-order chi connectivity index (χ1) is 11.7. The Morgan fingerprint density at radius 1 is 1.33 bits per heavy atom. The van der Waals surface area contributed by atoms with Gasteiger partial charge in [0.25, 0.3) is 11.5 Å². The van der Waals surface area contributed by atoms with Crippen LogP contribution in [0.25, 0.3) is 4.96 Å². The van der Waals surface area contributed by atoms with Crippen LogP contribution in [-0.4, -0.2) is 35.6 Å². The number of benzene rings is 1. The summed E-state index contributed by atoms with van der Waals surface area (Å²) in [5.74, 6) is 0.738. The van der Waals surface area contributed by atoms with E-state index >= 15 is 0 Å². The second-order valence-corrected chi connectivity index (χ2v) is 5.66. The normalized spacial score (nSPS) is 10.5. The molecule has 8 heteroatoms. The highest BCUT2D eigenvalue weighted by molar-refractivity contribution is 7.15. The van der Waals surface area contributed by atoms with Gasteiger partial charge >= 0.3 is 0 Å². The minimum Gasteiger partial charge on any atom is -0.493 e. The third-order valence-electron chi connectivity index (χ3n) is 3.30. The number of thiazole rings is 1. The summed E-state index contributed by atoms with van der Waals surface area (Å²) < 4.78 is 12.1. The molecule has 3 aromatic rings. The lowest BCUT2D eigenvalue weighted by Crippen LogP contribution is -2.33. The first kappa shape index (κ1) is 16.0. The van der Waals surface area contributed by atoms with Crippen molar-refractivity contribution in [2.45, 2.75) is 0 Å². The number of fused-ring (bicyclic) bond motifs is 1. The monoisotopic (exact) mass is 345 g/mol. The van der Waals surface area contributed by atoms with E-state index in [1.807, 2.05) is 12.1 Å². The number of aromatic nitrogens is 2. The van der Waals surface area contributed by atoms with Gasteiger partial charge in [-0.2, -0.15) is 0 Å². The summed E-state index contributed by atoms with van der Waals surface area (Å²) in [6.45, 7) is 0.504. The number of rotatable bonds is 6. The summed E-state index contributed by atoms with van der Waals surface area (Å²) in [5, 5.41) is 4.39. The Kier molecular flexibility index (Phi) is 4.76. The summed E-state index contributed by atoms with van der Waals surface area (Å²) >= 11 is 1.33. The zero-order chi connectivity index (χ0) is 16.9. The average molecular weight is 345 g/mol. The maximum Gasteiger partial charge on any atom is 0.271 e. The van der Waals surface area contributed by atoms with Crippen LogP contribution in [-0.2, 0) is 0 Å². The largest absolute Gasteiger partial charge is 0.493 e. The number of amides is 1. The molecule has 0 atom stereocenters. The number of para-hydroxylation sites is 2. The van der Waals surface area contributed by atoms with Gasteiger partial charge in [-0.3, -0.25) is 14.0 Å². The molecule has 1 N–H and O–H groups in total. The minimum atomic E-state index is -0.475. The Morgan fingerprint density at radius 3 is 2.92 bits per heavy atom. The smallest absolute Gasteiger partial charge is 0.271 e. The number of ether oxygens (including phenoxy) is 2. The van der Waals surface area contributed by atoms with Crippen LogP contribution in [0.2, 0.25) is 0 Å². The topological polar surface area (TPSA) is 81.9 Å². The lowest BCUT2D eigenvalue weighted by atomic mass is 10.3. The van der Waals surface area contributed by atoms with E-state index in [2.05, 4.69) is 10.3 Å². The van der Waals surface area contributed by atoms with Crippen molar-refractivity contribution in [2.75, 3.05) is 20.3 Å². The van der Waals surface area contributed by atoms with E-state index in [1.165, 1.54) is 21.9 Å². The molecule has 0 fully saturated rings. The lowest BCUT2D eigenvalue weighted by molar-refractivity contribution is 0.0945. The Bertz CT molecular complexity index is 919. The molecular formula is C16H15N3O4S. The molecule has 3 rings (SSSR count). The Hall–Kier alpha value is -2.87. The molecule has 0 aliphatic carbocycles. The van der Waals surface area contributed by atoms with E-state index in [4.69, 9.17) is 9.47 Å². The van der Waals surface area contributed by atoms with E-state index < -0.39 is 5.91 Å². The number of hydrogen-bond acceptors (Lipinski definition) is 6. The van der Waals surface area contributed by atoms with E-state index in [9.17, 15) is 9.59 Å². The third kappa shape index (κ3) is 3.23. The van der Waals surface area contributed by atoms with Gasteiger partial charge in [-0.15, -0.1) is 11.3 Å². The summed E-state index contributed by atoms with van der Waals surface area (Å²) in [4.78, 5) is 29.0. The van der Waals surface area contributed by atoms with Crippen LogP contribution in [0, 0.1) is 0 Å². The number of carbonyl (C=O) groups is 1. The van der Waals surface area contributed by atoms with Crippen LogP contribution < -0.4 is 20.3 Å². The third-order valence-corrected chi connectivity index (χ3v) is 4.07. The van der Waals surface area contributed by atoms with Crippen molar-refractivity contribution < 1.29 is 14.3 Å². The van der Waals surface area contributed by atoms with Crippen molar-refractivity contribution in [3.05, 3.63) is 58.0 Å². The molecule has 0 saturated carbocycles. The van der Waals surface area contributed by atoms with E-state index in [-0.39, 0.29) is 24.3 Å². The number of nitrogens with one attached hydrogen (secondary N) is 1. The van der Waals surface area contributed by atoms with Crippen LogP contribution >= 0.6 is 11.3 Å². The molecule has 124 valence electrons. The number of hydrogen-bond donors (Lipinski definition) is 1. The lowest BCUT2D eigenvalue weighted by Gasteiger charge is -2.10. The summed E-state index contributed by atoms with van der Waals surface area (Å²) in [5.41, 5.74) is -0.382. The number of nitrogens with zero attached hydrogens (tertiary/aromatic N) is 2. The Morgan fingerprint density at radius 2 is 2.12 bits per heavy atom. The Labute approximate surface area is 141 Å². The molecule has 0 aliphatic rings. The average Bonchev–Trinajstić information content (AvgIpc) is 3.09. The fourth-order valence-electron chi connectivity index (χ4n) is 2.14. The van der Waals surface area contributed by atoms with Gasteiger partial charge < -0.3 is 14.8 Å². The molecule has 1 aromatic carbocycles. The molecule has 0 unspecified atom stereocenters. The zero-order valence-corrected chi connectivity index (χ0v) is 13.7. The van der Waals surface area contributed by atoms with Crippen molar-refractivity contribution in [2.24, 2.45) is 0 Å². The van der Waals surface area contributed by atoms with E-state index in [0.717, 1.165) is 0 Å². The van der Waals surface area contributed by atoms with Gasteiger partial charge in [0, 0.05) is 17.8 Å². The zero-order valence-electron chi connectivity index (χ0n) is 12.9. The highest BCUT2D eigenvalue weighted by atomic mass is 32.1. The SMILES string of the molecule is COc1ccccc1OCCNC(=O)c1cnc2sccn2c1=O. The molecule has 0 saturated heterocycles. The molecular weight excluding hydrogens is 330 g/mol. The van der Waals surface area contributed by atoms with Gasteiger partial charge in [0.05, 0.1) is 13.7 Å². The molecule has 1 amide bonds. The number of carbonyl (C=O) groups excluding carboxylic acids is 1. The fraction of sp³-hybridized carbons (Fsp3) is 0.188. The molecule has 0 radical (unpaired) electrons. The highest BCUT2D eigenvalue weighted by Crippen LogP contribution is 2.25. The van der Waals surface area contributed by atoms with Crippen LogP contribution in [0.3, 0.4) is 0 Å². The predicted octanol–water partition coefficient (Wildman–Crippen LogP) is 1.57. The van der Waals surface area contributed by atoms with E-state index in [1.54, 1.807) is 30.8 Å². The Balaban J connectivity index is 1.59. The van der Waals surface area contributed by atoms with Gasteiger partial charge in [-0.1, -0.05) is 12.1 Å². The minimum absolute atomic E-state index is 0.00296. The summed E-state index contributed by atoms with van der Waals surface area (Å²) in [7, 11) is 1.56. The fourth-order valence-corrected chi connectivity index (χ4v) is 2.81. The molecule has 7 nitrogen and oxygen atoms in total. The van der Waals surface area contributed by atoms with Crippen molar-refractivity contribution in [3.63, 3.8) is 0 Å². The maximum atomic E-state index is 12.2. The van der Waals surface area contributed by atoms with Crippen molar-refractivity contribution in [1.29, 1.82) is 0 Å². The van der Waals surface area contributed by atoms with Crippen molar-refractivity contribution in [3.8, 4) is 11.5 Å². The molecule has 2 aromatic heterocycles. The van der Waals surface area contributed by atoms with Crippen LogP contribution in [0.1, 0.15) is 10.4 Å². The van der Waals surface area contributed by atoms with Crippen molar-refractivity contribution in [1.82, 2.24) is 14.7 Å². The van der Waals surface area contributed by atoms with Gasteiger partial charge in [0.2, 0.25) is 0 Å². The van der Waals surface area contributed by atoms with Crippen LogP contribution in [0.5, 0.6) is 11.5 Å². The quantitative estimate of drug-likeness (QED) is 0.686. The molecule has 0 aliphatic heterocycles. The van der Waals surface area contributed by atoms with Gasteiger partial charge in [0.15, 0.2) is 16.5 Å². The predicted molar refractivity (Wildman–Crippen MR) is 90.2 cm³/mol. The summed E-state index contributed by atoms with van der Waals surface area (Å²) in [6.07, 6.45) is 2.89. The molecule has 0 bridgehead atoms.